The van der Waals surface area contributed by atoms with Crippen molar-refractivity contribution in [3.63, 3.8) is 0 Å². The van der Waals surface area contributed by atoms with E-state index in [0.717, 1.165) is 0 Å². The van der Waals surface area contributed by atoms with E-state index in [0.29, 0.717) is 0 Å². The Morgan fingerprint density at radius 1 is 0.429 bits per heavy atom. The fourth-order valence-electron chi connectivity index (χ4n) is 2.18. The molecule has 0 fully saturated rings. The monoisotopic (exact) mass is 400 g/mol. The maximum atomic E-state index is 2.23. The predicted molar refractivity (Wildman–Crippen MR) is 95.5 cm³/mol. The third kappa shape index (κ3) is 4.51. The van der Waals surface area contributed by atoms with E-state index in [1.54, 1.807) is 0 Å². The molecule has 3 aromatic rings. The molecule has 0 saturated heterocycles. The third-order valence-corrected chi connectivity index (χ3v) is 5.49. The average molecular weight is 402 g/mol. The maximum Gasteiger partial charge on any atom is 0 e. The first kappa shape index (κ1) is 18.1. The molecule has 0 saturated carbocycles. The number of rotatable bonds is 3. The Hall–Kier alpha value is -0.936. The van der Waals surface area contributed by atoms with Crippen LogP contribution < -0.4 is 15.9 Å². The van der Waals surface area contributed by atoms with Crippen LogP contribution >= 0.6 is 24.9 Å². The van der Waals surface area contributed by atoms with Crippen molar-refractivity contribution in [1.29, 1.82) is 0 Å². The van der Waals surface area contributed by atoms with Crippen molar-refractivity contribution >= 4 is 40.8 Å². The Balaban J connectivity index is 0.00000110. The fourth-order valence-corrected chi connectivity index (χ4v) is 4.48. The zero-order valence-corrected chi connectivity index (χ0v) is 14.9. The van der Waals surface area contributed by atoms with E-state index < -0.39 is 7.92 Å². The van der Waals surface area contributed by atoms with Gasteiger partial charge >= 0.3 is 0 Å². The van der Waals surface area contributed by atoms with Crippen molar-refractivity contribution in [3.8, 4) is 0 Å². The van der Waals surface area contributed by atoms with Crippen LogP contribution in [0.3, 0.4) is 0 Å². The normalized spacial score (nSPS) is 9.57. The molecule has 3 heteroatoms. The van der Waals surface area contributed by atoms with E-state index in [9.17, 15) is 0 Å². The molecule has 0 atom stereocenters. The van der Waals surface area contributed by atoms with Gasteiger partial charge in [-0.05, 0) is 23.8 Å². The van der Waals surface area contributed by atoms with E-state index in [2.05, 4.69) is 91.0 Å². The molecule has 0 radical (unpaired) electrons. The number of hydrogen-bond acceptors (Lipinski definition) is 0. The number of hydrogen-bond donors (Lipinski definition) is 0. The predicted octanol–water partition coefficient (Wildman–Crippen LogP) is 4.02. The smallest absolute Gasteiger partial charge is 0 e. The zero-order valence-electron chi connectivity index (χ0n) is 11.3. The summed E-state index contributed by atoms with van der Waals surface area (Å²) in [6, 6.07) is 32.3. The summed E-state index contributed by atoms with van der Waals surface area (Å²) in [7, 11) is -0.446. The molecule has 0 heterocycles. The standard InChI is InChI=1S/C18H15P.BrH.Ni/c1-4-10-16(11-5-1)19(17-12-6-2-7-13-17)18-14-8-3-9-15-18;;/h1-15H;1H;. The van der Waals surface area contributed by atoms with Crippen LogP contribution in [0.2, 0.25) is 0 Å². The Morgan fingerprint density at radius 2 is 0.667 bits per heavy atom. The Morgan fingerprint density at radius 3 is 0.905 bits per heavy atom. The van der Waals surface area contributed by atoms with Crippen LogP contribution in [0.15, 0.2) is 91.0 Å². The molecular weight excluding hydrogens is 386 g/mol. The SMILES string of the molecule is Br.[Ni].c1ccc(P(c2ccccc2)c2ccccc2)cc1. The van der Waals surface area contributed by atoms with Gasteiger partial charge < -0.3 is 0 Å². The minimum atomic E-state index is -0.446. The molecule has 0 bridgehead atoms. The van der Waals surface area contributed by atoms with Gasteiger partial charge in [-0.15, -0.1) is 17.0 Å². The molecule has 0 N–H and O–H groups in total. The van der Waals surface area contributed by atoms with Crippen molar-refractivity contribution in [1.82, 2.24) is 0 Å². The molecule has 0 aliphatic heterocycles. The van der Waals surface area contributed by atoms with Gasteiger partial charge in [0.1, 0.15) is 0 Å². The first-order valence-corrected chi connectivity index (χ1v) is 7.74. The molecule has 0 aromatic heterocycles. The summed E-state index contributed by atoms with van der Waals surface area (Å²) in [6.07, 6.45) is 0. The van der Waals surface area contributed by atoms with Crippen molar-refractivity contribution in [2.75, 3.05) is 0 Å². The molecule has 3 aromatic carbocycles. The van der Waals surface area contributed by atoms with E-state index in [1.807, 2.05) is 0 Å². The Labute approximate surface area is 148 Å². The Kier molecular flexibility index (Phi) is 7.90. The molecule has 0 amide bonds. The molecule has 21 heavy (non-hydrogen) atoms. The van der Waals surface area contributed by atoms with Gasteiger partial charge in [-0.2, -0.15) is 0 Å². The summed E-state index contributed by atoms with van der Waals surface area (Å²) in [4.78, 5) is 0. The van der Waals surface area contributed by atoms with Crippen molar-refractivity contribution < 1.29 is 16.5 Å². The van der Waals surface area contributed by atoms with Crippen LogP contribution in [0, 0.1) is 0 Å². The number of benzene rings is 3. The molecule has 110 valence electrons. The molecule has 0 aliphatic rings. The Bertz CT molecular complexity index is 535. The van der Waals surface area contributed by atoms with Gasteiger partial charge in [0.25, 0.3) is 0 Å². The molecule has 0 nitrogen and oxygen atoms in total. The van der Waals surface area contributed by atoms with Gasteiger partial charge in [0, 0.05) is 16.5 Å². The third-order valence-electron chi connectivity index (χ3n) is 3.04. The topological polar surface area (TPSA) is 0 Å². The van der Waals surface area contributed by atoms with E-state index >= 15 is 0 Å². The van der Waals surface area contributed by atoms with E-state index in [1.165, 1.54) is 15.9 Å². The van der Waals surface area contributed by atoms with Gasteiger partial charge in [-0.3, -0.25) is 0 Å². The molecule has 0 spiro atoms. The van der Waals surface area contributed by atoms with Crippen LogP contribution in [0.1, 0.15) is 0 Å². The first-order chi connectivity index (χ1) is 9.45. The van der Waals surface area contributed by atoms with E-state index in [-0.39, 0.29) is 33.5 Å². The molecular formula is C18H16BrNiP. The second-order valence-corrected chi connectivity index (χ2v) is 6.56. The van der Waals surface area contributed by atoms with Crippen molar-refractivity contribution in [3.05, 3.63) is 91.0 Å². The van der Waals surface area contributed by atoms with E-state index in [4.69, 9.17) is 0 Å². The van der Waals surface area contributed by atoms with Gasteiger partial charge in [0.2, 0.25) is 0 Å². The summed E-state index contributed by atoms with van der Waals surface area (Å²) >= 11 is 0. The van der Waals surface area contributed by atoms with Crippen LogP contribution in [-0.4, -0.2) is 0 Å². The van der Waals surface area contributed by atoms with Gasteiger partial charge in [0.05, 0.1) is 0 Å². The van der Waals surface area contributed by atoms with Crippen LogP contribution in [0.5, 0.6) is 0 Å². The number of halogens is 1. The summed E-state index contributed by atoms with van der Waals surface area (Å²) in [5.41, 5.74) is 0. The molecule has 3 rings (SSSR count). The van der Waals surface area contributed by atoms with Crippen LogP contribution in [0.25, 0.3) is 0 Å². The fraction of sp³-hybridized carbons (Fsp3) is 0. The van der Waals surface area contributed by atoms with Crippen molar-refractivity contribution in [2.45, 2.75) is 0 Å². The zero-order chi connectivity index (χ0) is 12.9. The maximum absolute atomic E-state index is 2.23. The van der Waals surface area contributed by atoms with Crippen LogP contribution in [-0.2, 0) is 16.5 Å². The second-order valence-electron chi connectivity index (χ2n) is 4.34. The largest absolute Gasteiger partial charge is 0.114 e. The minimum absolute atomic E-state index is 0. The summed E-state index contributed by atoms with van der Waals surface area (Å²) in [6.45, 7) is 0. The average Bonchev–Trinajstić information content (AvgIpc) is 2.51. The van der Waals surface area contributed by atoms with Gasteiger partial charge in [-0.1, -0.05) is 91.0 Å². The second kappa shape index (κ2) is 9.16. The first-order valence-electron chi connectivity index (χ1n) is 6.40. The summed E-state index contributed by atoms with van der Waals surface area (Å²) in [5, 5.41) is 4.19. The molecule has 0 aliphatic carbocycles. The molecule has 0 unspecified atom stereocenters. The summed E-state index contributed by atoms with van der Waals surface area (Å²) in [5.74, 6) is 0. The quantitative estimate of drug-likeness (QED) is 0.459. The minimum Gasteiger partial charge on any atom is -0.114 e. The van der Waals surface area contributed by atoms with Crippen LogP contribution in [0.4, 0.5) is 0 Å². The van der Waals surface area contributed by atoms with Gasteiger partial charge in [0.15, 0.2) is 0 Å². The summed E-state index contributed by atoms with van der Waals surface area (Å²) < 4.78 is 0. The van der Waals surface area contributed by atoms with Crippen molar-refractivity contribution in [2.24, 2.45) is 0 Å². The van der Waals surface area contributed by atoms with Gasteiger partial charge in [-0.25, -0.2) is 0 Å².